The number of rotatable bonds is 3. The Bertz CT molecular complexity index is 1510. The summed E-state index contributed by atoms with van der Waals surface area (Å²) in [7, 11) is 0. The van der Waals surface area contributed by atoms with Gasteiger partial charge in [0.2, 0.25) is 0 Å². The fourth-order valence-corrected chi connectivity index (χ4v) is 4.66. The van der Waals surface area contributed by atoms with Crippen molar-refractivity contribution in [1.82, 2.24) is 9.47 Å². The van der Waals surface area contributed by atoms with E-state index in [-0.39, 0.29) is 11.2 Å². The molecule has 1 fully saturated rings. The van der Waals surface area contributed by atoms with Crippen LogP contribution in [0.3, 0.4) is 0 Å². The van der Waals surface area contributed by atoms with Gasteiger partial charge in [0.1, 0.15) is 5.76 Å². The van der Waals surface area contributed by atoms with Gasteiger partial charge in [0.05, 0.1) is 5.70 Å². The number of aliphatic hydroxyl groups is 2. The van der Waals surface area contributed by atoms with E-state index in [1.165, 1.54) is 30.2 Å². The Labute approximate surface area is 251 Å². The summed E-state index contributed by atoms with van der Waals surface area (Å²) in [5, 5.41) is 18.1. The zero-order valence-electron chi connectivity index (χ0n) is 24.2. The van der Waals surface area contributed by atoms with E-state index in [4.69, 9.17) is 10.2 Å². The summed E-state index contributed by atoms with van der Waals surface area (Å²) in [6, 6.07) is 21.9. The minimum atomic E-state index is -0.526. The molecule has 2 aromatic carbocycles. The first kappa shape index (κ1) is 31.7. The fourth-order valence-electron chi connectivity index (χ4n) is 4.27. The SMILES string of the molecule is C1=CCCC(c2ccccc2)=C1.C=C1C=C2C(O)N2C=C1O.CC.CC(C)c1cc(=O)ccn1-c1cccc(Br)c1. The van der Waals surface area contributed by atoms with E-state index in [9.17, 15) is 4.79 Å². The average molecular weight is 616 g/mol. The van der Waals surface area contributed by atoms with Gasteiger partial charge in [-0.1, -0.05) is 105 Å². The second-order valence-electron chi connectivity index (χ2n) is 9.71. The molecule has 6 rings (SSSR count). The third-order valence-corrected chi connectivity index (χ3v) is 6.96. The van der Waals surface area contributed by atoms with Gasteiger partial charge in [0.25, 0.3) is 0 Å². The number of fused-ring (bicyclic) bond motifs is 1. The van der Waals surface area contributed by atoms with E-state index < -0.39 is 6.23 Å². The molecule has 1 saturated heterocycles. The van der Waals surface area contributed by atoms with E-state index in [1.807, 2.05) is 44.3 Å². The summed E-state index contributed by atoms with van der Waals surface area (Å²) in [5.74, 6) is 0.434. The van der Waals surface area contributed by atoms with Crippen molar-refractivity contribution in [3.63, 3.8) is 0 Å². The van der Waals surface area contributed by atoms with Crippen molar-refractivity contribution in [3.05, 3.63) is 153 Å². The summed E-state index contributed by atoms with van der Waals surface area (Å²) in [6.07, 6.45) is 13.4. The predicted molar refractivity (Wildman–Crippen MR) is 174 cm³/mol. The van der Waals surface area contributed by atoms with Crippen LogP contribution in [-0.4, -0.2) is 25.9 Å². The Morgan fingerprint density at radius 3 is 2.37 bits per heavy atom. The van der Waals surface area contributed by atoms with E-state index in [0.717, 1.165) is 21.6 Å². The van der Waals surface area contributed by atoms with Crippen LogP contribution in [0.25, 0.3) is 11.3 Å². The third kappa shape index (κ3) is 8.81. The fraction of sp³-hybridized carbons (Fsp3) is 0.229. The predicted octanol–water partition coefficient (Wildman–Crippen LogP) is 8.64. The summed E-state index contributed by atoms with van der Waals surface area (Å²) in [6.45, 7) is 11.7. The smallest absolute Gasteiger partial charge is 0.181 e. The van der Waals surface area contributed by atoms with Gasteiger partial charge in [-0.05, 0) is 54.2 Å². The molecule has 1 aromatic heterocycles. The van der Waals surface area contributed by atoms with Gasteiger partial charge in [-0.25, -0.2) is 0 Å². The lowest BCUT2D eigenvalue weighted by Crippen LogP contribution is -2.11. The number of aromatic nitrogens is 1. The van der Waals surface area contributed by atoms with E-state index >= 15 is 0 Å². The summed E-state index contributed by atoms with van der Waals surface area (Å²) >= 11 is 3.46. The van der Waals surface area contributed by atoms with Crippen molar-refractivity contribution in [2.24, 2.45) is 0 Å². The highest BCUT2D eigenvalue weighted by Crippen LogP contribution is 2.37. The van der Waals surface area contributed by atoms with Crippen molar-refractivity contribution in [1.29, 1.82) is 0 Å². The molecule has 5 nitrogen and oxygen atoms in total. The van der Waals surface area contributed by atoms with Crippen molar-refractivity contribution in [2.75, 3.05) is 0 Å². The van der Waals surface area contributed by atoms with Gasteiger partial charge >= 0.3 is 0 Å². The first-order chi connectivity index (χ1) is 19.7. The minimum Gasteiger partial charge on any atom is -0.506 e. The van der Waals surface area contributed by atoms with Gasteiger partial charge in [-0.2, -0.15) is 0 Å². The molecular formula is C35H39BrN2O3. The van der Waals surface area contributed by atoms with Crippen LogP contribution in [0.5, 0.6) is 0 Å². The van der Waals surface area contributed by atoms with Crippen LogP contribution in [0.4, 0.5) is 0 Å². The van der Waals surface area contributed by atoms with E-state index in [1.54, 1.807) is 23.1 Å². The van der Waals surface area contributed by atoms with Gasteiger partial charge in [-0.3, -0.25) is 4.79 Å². The molecule has 6 heteroatoms. The van der Waals surface area contributed by atoms with Crippen LogP contribution in [0.2, 0.25) is 0 Å². The monoisotopic (exact) mass is 614 g/mol. The van der Waals surface area contributed by atoms with Crippen molar-refractivity contribution >= 4 is 21.5 Å². The lowest BCUT2D eigenvalue weighted by atomic mass is 9.98. The number of nitrogens with zero attached hydrogens (tertiary/aromatic N) is 2. The molecule has 3 aromatic rings. The molecule has 2 aliphatic heterocycles. The number of allylic oxidation sites excluding steroid dienone is 5. The zero-order chi connectivity index (χ0) is 29.9. The molecule has 0 amide bonds. The van der Waals surface area contributed by atoms with Gasteiger partial charge < -0.3 is 19.7 Å². The number of benzene rings is 2. The number of pyridine rings is 1. The molecule has 214 valence electrons. The second-order valence-corrected chi connectivity index (χ2v) is 10.6. The molecule has 1 aliphatic carbocycles. The highest BCUT2D eigenvalue weighted by molar-refractivity contribution is 9.10. The van der Waals surface area contributed by atoms with Crippen LogP contribution < -0.4 is 5.43 Å². The summed E-state index contributed by atoms with van der Waals surface area (Å²) < 4.78 is 3.08. The van der Waals surface area contributed by atoms with E-state index in [0.29, 0.717) is 11.5 Å². The van der Waals surface area contributed by atoms with Crippen LogP contribution in [0.1, 0.15) is 57.7 Å². The van der Waals surface area contributed by atoms with E-state index in [2.05, 4.69) is 89.5 Å². The molecule has 41 heavy (non-hydrogen) atoms. The zero-order valence-corrected chi connectivity index (χ0v) is 25.8. The largest absolute Gasteiger partial charge is 0.506 e. The summed E-state index contributed by atoms with van der Waals surface area (Å²) in [5.41, 5.74) is 6.32. The lowest BCUT2D eigenvalue weighted by Gasteiger charge is -2.16. The Morgan fingerprint density at radius 2 is 1.76 bits per heavy atom. The molecule has 2 N–H and O–H groups in total. The molecule has 0 saturated carbocycles. The number of hydrogen-bond donors (Lipinski definition) is 2. The molecule has 1 atom stereocenters. The second kappa shape index (κ2) is 15.2. The van der Waals surface area contributed by atoms with Crippen LogP contribution >= 0.6 is 15.9 Å². The molecular weight excluding hydrogens is 576 g/mol. The number of hydrogen-bond acceptors (Lipinski definition) is 4. The van der Waals surface area contributed by atoms with Gasteiger partial charge in [0.15, 0.2) is 11.7 Å². The maximum atomic E-state index is 11.4. The first-order valence-electron chi connectivity index (χ1n) is 13.9. The Kier molecular flexibility index (Phi) is 11.7. The highest BCUT2D eigenvalue weighted by atomic mass is 79.9. The molecule has 1 unspecified atom stereocenters. The maximum absolute atomic E-state index is 11.4. The lowest BCUT2D eigenvalue weighted by molar-refractivity contribution is 0.232. The van der Waals surface area contributed by atoms with Gasteiger partial charge in [-0.15, -0.1) is 0 Å². The minimum absolute atomic E-state index is 0.0555. The topological polar surface area (TPSA) is 65.5 Å². The van der Waals surface area contributed by atoms with Crippen molar-refractivity contribution in [2.45, 2.75) is 52.7 Å². The third-order valence-electron chi connectivity index (χ3n) is 6.46. The number of aliphatic hydroxyl groups excluding tert-OH is 2. The molecule has 0 radical (unpaired) electrons. The Hall–Kier alpha value is -3.87. The van der Waals surface area contributed by atoms with Crippen LogP contribution in [-0.2, 0) is 0 Å². The Balaban J connectivity index is 0.000000170. The molecule has 3 aliphatic rings. The van der Waals surface area contributed by atoms with Gasteiger partial charge in [0, 0.05) is 46.0 Å². The molecule has 0 spiro atoms. The Morgan fingerprint density at radius 1 is 1.02 bits per heavy atom. The van der Waals surface area contributed by atoms with Crippen molar-refractivity contribution < 1.29 is 10.2 Å². The highest BCUT2D eigenvalue weighted by Gasteiger charge is 2.40. The normalized spacial score (nSPS) is 16.4. The quantitative estimate of drug-likeness (QED) is 0.290. The van der Waals surface area contributed by atoms with Crippen molar-refractivity contribution in [3.8, 4) is 5.69 Å². The summed E-state index contributed by atoms with van der Waals surface area (Å²) in [4.78, 5) is 13.0. The first-order valence-corrected chi connectivity index (χ1v) is 14.7. The maximum Gasteiger partial charge on any atom is 0.181 e. The number of halogens is 1. The average Bonchev–Trinajstić information content (AvgIpc) is 3.62. The standard InChI is InChI=1S/C14H14BrNO.C12H12.C7H7NO2.C2H6/c1-10(2)14-9-13(17)6-7-16(14)12-5-3-4-11(15)8-12;1-3-7-11(8-4-1)12-9-5-2-6-10-12;1-4-2-5-7(10)8(5)3-6(4)9;1-2/h3-10H,1-2H3;1-5,7-9H,6,10H2;2-3,7,9-10H,1H2;1-2H3. The molecule has 3 heterocycles. The molecule has 0 bridgehead atoms. The van der Waals surface area contributed by atoms with Crippen LogP contribution in [0, 0.1) is 0 Å². The van der Waals surface area contributed by atoms with Crippen LogP contribution in [0.15, 0.2) is 136 Å².